The molecule has 0 aliphatic heterocycles. The van der Waals surface area contributed by atoms with Crippen molar-refractivity contribution in [1.82, 2.24) is 15.0 Å². The van der Waals surface area contributed by atoms with Gasteiger partial charge in [0.05, 0.1) is 12.1 Å². The lowest BCUT2D eigenvalue weighted by molar-refractivity contribution is -0.141. The van der Waals surface area contributed by atoms with Crippen LogP contribution >= 0.6 is 0 Å². The Bertz CT molecular complexity index is 959. The molecule has 0 spiro atoms. The zero-order valence-electron chi connectivity index (χ0n) is 13.7. The summed E-state index contributed by atoms with van der Waals surface area (Å²) < 4.78 is 38.2. The summed E-state index contributed by atoms with van der Waals surface area (Å²) in [6.07, 6.45) is -2.17. The van der Waals surface area contributed by atoms with Crippen molar-refractivity contribution < 1.29 is 23.1 Å². The quantitative estimate of drug-likeness (QED) is 0.704. The molecule has 0 aliphatic rings. The van der Waals surface area contributed by atoms with E-state index in [1.165, 1.54) is 6.20 Å². The normalized spacial score (nSPS) is 11.2. The highest BCUT2D eigenvalue weighted by Crippen LogP contribution is 2.28. The molecule has 0 saturated heterocycles. The van der Waals surface area contributed by atoms with Gasteiger partial charge in [0.15, 0.2) is 0 Å². The molecule has 0 atom stereocenters. The Balaban J connectivity index is 1.81. The summed E-state index contributed by atoms with van der Waals surface area (Å²) in [4.78, 5) is 22.2. The number of benzene rings is 1. The van der Waals surface area contributed by atoms with E-state index in [0.717, 1.165) is 12.3 Å². The monoisotopic (exact) mass is 374 g/mol. The van der Waals surface area contributed by atoms with Crippen molar-refractivity contribution in [2.45, 2.75) is 12.6 Å². The third-order valence-corrected chi connectivity index (χ3v) is 3.54. The van der Waals surface area contributed by atoms with Gasteiger partial charge in [-0.3, -0.25) is 9.78 Å². The Morgan fingerprint density at radius 2 is 1.93 bits per heavy atom. The topological polar surface area (TPSA) is 88.0 Å². The molecular weight excluding hydrogens is 361 g/mol. The highest BCUT2D eigenvalue weighted by atomic mass is 19.4. The summed E-state index contributed by atoms with van der Waals surface area (Å²) in [5.41, 5.74) is 1.32. The smallest absolute Gasteiger partial charge is 0.433 e. The summed E-state index contributed by atoms with van der Waals surface area (Å²) in [5, 5.41) is 11.5. The third kappa shape index (κ3) is 4.78. The van der Waals surface area contributed by atoms with E-state index in [0.29, 0.717) is 22.5 Å². The first-order valence-corrected chi connectivity index (χ1v) is 7.76. The number of carbonyl (C=O) groups is 1. The molecule has 0 aliphatic carbocycles. The molecule has 0 radical (unpaired) electrons. The molecule has 3 rings (SSSR count). The first-order chi connectivity index (χ1) is 12.8. The maximum absolute atomic E-state index is 12.7. The van der Waals surface area contributed by atoms with Crippen LogP contribution in [0.15, 0.2) is 54.9 Å². The summed E-state index contributed by atoms with van der Waals surface area (Å²) in [6, 6.07) is 11.0. The summed E-state index contributed by atoms with van der Waals surface area (Å²) in [6.45, 7) is 0. The van der Waals surface area contributed by atoms with Gasteiger partial charge in [0.2, 0.25) is 5.95 Å². The molecule has 2 aromatic heterocycles. The highest BCUT2D eigenvalue weighted by molar-refractivity contribution is 5.71. The second kappa shape index (κ2) is 7.40. The number of pyridine rings is 1. The van der Waals surface area contributed by atoms with Gasteiger partial charge in [0, 0.05) is 23.6 Å². The van der Waals surface area contributed by atoms with Crippen molar-refractivity contribution >= 4 is 17.6 Å². The number of aromatic nitrogens is 3. The van der Waals surface area contributed by atoms with E-state index in [1.807, 2.05) is 0 Å². The lowest BCUT2D eigenvalue weighted by Gasteiger charge is -2.10. The molecule has 27 heavy (non-hydrogen) atoms. The molecule has 2 N–H and O–H groups in total. The van der Waals surface area contributed by atoms with Crippen molar-refractivity contribution in [3.63, 3.8) is 0 Å². The highest BCUT2D eigenvalue weighted by Gasteiger charge is 2.32. The molecule has 0 amide bonds. The average molecular weight is 374 g/mol. The van der Waals surface area contributed by atoms with E-state index in [-0.39, 0.29) is 12.4 Å². The van der Waals surface area contributed by atoms with Crippen molar-refractivity contribution in [1.29, 1.82) is 0 Å². The number of hydrogen-bond donors (Lipinski definition) is 2. The molecule has 0 bridgehead atoms. The molecule has 3 aromatic rings. The number of anilines is 2. The minimum Gasteiger partial charge on any atom is -0.481 e. The van der Waals surface area contributed by atoms with Crippen LogP contribution in [0.1, 0.15) is 11.3 Å². The van der Waals surface area contributed by atoms with Crippen LogP contribution in [0.3, 0.4) is 0 Å². The zero-order valence-corrected chi connectivity index (χ0v) is 13.7. The second-order valence-corrected chi connectivity index (χ2v) is 5.59. The Morgan fingerprint density at radius 3 is 2.59 bits per heavy atom. The number of carboxylic acids is 1. The fraction of sp³-hybridized carbons (Fsp3) is 0.111. The van der Waals surface area contributed by atoms with Crippen molar-refractivity contribution in [3.8, 4) is 11.3 Å². The van der Waals surface area contributed by atoms with Crippen LogP contribution < -0.4 is 5.32 Å². The number of carboxylic acid groups (broad SMARTS) is 1. The lowest BCUT2D eigenvalue weighted by Crippen LogP contribution is -2.10. The number of hydrogen-bond acceptors (Lipinski definition) is 5. The Morgan fingerprint density at radius 1 is 1.11 bits per heavy atom. The van der Waals surface area contributed by atoms with E-state index < -0.39 is 17.8 Å². The number of alkyl halides is 3. The first-order valence-electron chi connectivity index (χ1n) is 7.76. The molecule has 9 heteroatoms. The summed E-state index contributed by atoms with van der Waals surface area (Å²) in [5.74, 6) is -1.12. The van der Waals surface area contributed by atoms with Crippen LogP contribution in [0.5, 0.6) is 0 Å². The number of nitrogens with zero attached hydrogens (tertiary/aromatic N) is 3. The van der Waals surface area contributed by atoms with Crippen LogP contribution in [0, 0.1) is 0 Å². The molecule has 0 saturated carbocycles. The molecule has 0 fully saturated rings. The van der Waals surface area contributed by atoms with Gasteiger partial charge in [-0.15, -0.1) is 0 Å². The van der Waals surface area contributed by atoms with Crippen molar-refractivity contribution in [2.75, 3.05) is 5.32 Å². The van der Waals surface area contributed by atoms with E-state index in [2.05, 4.69) is 20.3 Å². The molecule has 6 nitrogen and oxygen atoms in total. The Hall–Kier alpha value is -3.49. The molecule has 0 unspecified atom stereocenters. The van der Waals surface area contributed by atoms with E-state index in [1.54, 1.807) is 36.4 Å². The van der Waals surface area contributed by atoms with Gasteiger partial charge in [-0.2, -0.15) is 13.2 Å². The molecule has 2 heterocycles. The second-order valence-electron chi connectivity index (χ2n) is 5.59. The van der Waals surface area contributed by atoms with Gasteiger partial charge in [-0.25, -0.2) is 9.97 Å². The standard InChI is InChI=1S/C18H13F3N4O2/c19-18(20,21)15-6-7-22-17(25-15)24-13-3-1-2-12(9-13)14-5-4-11(10-23-14)8-16(26)27/h1-7,9-10H,8H2,(H,26,27)(H,22,24,25). The summed E-state index contributed by atoms with van der Waals surface area (Å²) >= 11 is 0. The molecular formula is C18H13F3N4O2. The van der Waals surface area contributed by atoms with Crippen LogP contribution in [-0.2, 0) is 17.4 Å². The number of aliphatic carboxylic acids is 1. The predicted octanol–water partition coefficient (Wildman–Crippen LogP) is 3.93. The third-order valence-electron chi connectivity index (χ3n) is 3.54. The number of rotatable bonds is 5. The minimum atomic E-state index is -4.55. The van der Waals surface area contributed by atoms with Crippen molar-refractivity contribution in [3.05, 3.63) is 66.1 Å². The van der Waals surface area contributed by atoms with E-state index in [9.17, 15) is 18.0 Å². The minimum absolute atomic E-state index is 0.123. The molecule has 1 aromatic carbocycles. The Labute approximate surface area is 151 Å². The van der Waals surface area contributed by atoms with E-state index >= 15 is 0 Å². The fourth-order valence-corrected chi connectivity index (χ4v) is 2.34. The SMILES string of the molecule is O=C(O)Cc1ccc(-c2cccc(Nc3nccc(C(F)(F)F)n3)c2)nc1. The van der Waals surface area contributed by atoms with Gasteiger partial charge < -0.3 is 10.4 Å². The lowest BCUT2D eigenvalue weighted by atomic mass is 10.1. The molecule has 138 valence electrons. The van der Waals surface area contributed by atoms with Crippen LogP contribution in [0.25, 0.3) is 11.3 Å². The van der Waals surface area contributed by atoms with Crippen molar-refractivity contribution in [2.24, 2.45) is 0 Å². The average Bonchev–Trinajstić information content (AvgIpc) is 2.62. The number of nitrogens with one attached hydrogen (secondary N) is 1. The maximum Gasteiger partial charge on any atom is 0.433 e. The van der Waals surface area contributed by atoms with Gasteiger partial charge in [0.1, 0.15) is 5.69 Å². The first kappa shape index (κ1) is 18.3. The van der Waals surface area contributed by atoms with Gasteiger partial charge >= 0.3 is 12.1 Å². The maximum atomic E-state index is 12.7. The zero-order chi connectivity index (χ0) is 19.4. The van der Waals surface area contributed by atoms with Crippen LogP contribution in [-0.4, -0.2) is 26.0 Å². The Kier molecular flexibility index (Phi) is 5.02. The van der Waals surface area contributed by atoms with Crippen LogP contribution in [0.2, 0.25) is 0 Å². The number of halogens is 3. The predicted molar refractivity (Wildman–Crippen MR) is 91.3 cm³/mol. The van der Waals surface area contributed by atoms with Crippen LogP contribution in [0.4, 0.5) is 24.8 Å². The fourth-order valence-electron chi connectivity index (χ4n) is 2.34. The summed E-state index contributed by atoms with van der Waals surface area (Å²) in [7, 11) is 0. The van der Waals surface area contributed by atoms with E-state index in [4.69, 9.17) is 5.11 Å². The van der Waals surface area contributed by atoms with Gasteiger partial charge in [0.25, 0.3) is 0 Å². The largest absolute Gasteiger partial charge is 0.481 e. The van der Waals surface area contributed by atoms with Gasteiger partial charge in [-0.1, -0.05) is 18.2 Å². The van der Waals surface area contributed by atoms with Gasteiger partial charge in [-0.05, 0) is 29.8 Å².